The molecule has 1 fully saturated rings. The highest BCUT2D eigenvalue weighted by atomic mass is 35.5. The van der Waals surface area contributed by atoms with Gasteiger partial charge in [-0.3, -0.25) is 9.59 Å². The fraction of sp³-hybridized carbons (Fsp3) is 0.667. The van der Waals surface area contributed by atoms with Crippen LogP contribution in [0.5, 0.6) is 0 Å². The maximum Gasteiger partial charge on any atom is 0.329 e. The van der Waals surface area contributed by atoms with Gasteiger partial charge in [0.2, 0.25) is 5.91 Å². The van der Waals surface area contributed by atoms with Crippen molar-refractivity contribution in [2.45, 2.75) is 24.3 Å². The fourth-order valence-electron chi connectivity index (χ4n) is 1.61. The van der Waals surface area contributed by atoms with E-state index in [0.717, 1.165) is 12.0 Å². The van der Waals surface area contributed by atoms with Crippen molar-refractivity contribution in [3.05, 3.63) is 0 Å². The molecule has 1 aliphatic rings. The molecule has 0 saturated carbocycles. The molecule has 1 heterocycles. The second-order valence-electron chi connectivity index (χ2n) is 3.48. The van der Waals surface area contributed by atoms with Crippen molar-refractivity contribution < 1.29 is 24.2 Å². The summed E-state index contributed by atoms with van der Waals surface area (Å²) in [5, 5.41) is 8.28. The topological polar surface area (TPSA) is 83.9 Å². The molecule has 0 aromatic heterocycles. The van der Waals surface area contributed by atoms with Gasteiger partial charge < -0.3 is 14.7 Å². The van der Waals surface area contributed by atoms with Crippen LogP contribution in [0.3, 0.4) is 0 Å². The Bertz CT molecular complexity index is 319. The minimum atomic E-state index is -1.17. The Morgan fingerprint density at radius 2 is 2.31 bits per heavy atom. The van der Waals surface area contributed by atoms with Crippen LogP contribution in [-0.4, -0.2) is 52.9 Å². The summed E-state index contributed by atoms with van der Waals surface area (Å²) in [6.07, 6.45) is -0.351. The Labute approximate surface area is 97.1 Å². The predicted molar refractivity (Wildman–Crippen MR) is 54.0 cm³/mol. The number of esters is 1. The summed E-state index contributed by atoms with van der Waals surface area (Å²) >= 11 is 5.77. The third kappa shape index (κ3) is 2.85. The first kappa shape index (κ1) is 12.8. The van der Waals surface area contributed by atoms with Gasteiger partial charge in [0, 0.05) is 13.0 Å². The van der Waals surface area contributed by atoms with Crippen molar-refractivity contribution >= 4 is 29.4 Å². The van der Waals surface area contributed by atoms with Crippen molar-refractivity contribution in [1.82, 2.24) is 4.90 Å². The summed E-state index contributed by atoms with van der Waals surface area (Å²) < 4.78 is 4.47. The minimum absolute atomic E-state index is 0.120. The summed E-state index contributed by atoms with van der Waals surface area (Å²) in [5.74, 6) is -2.22. The lowest BCUT2D eigenvalue weighted by atomic mass is 10.2. The minimum Gasteiger partial charge on any atom is -0.481 e. The van der Waals surface area contributed by atoms with E-state index in [-0.39, 0.29) is 24.2 Å². The lowest BCUT2D eigenvalue weighted by molar-refractivity contribution is -0.155. The average Bonchev–Trinajstić information content (AvgIpc) is 2.53. The van der Waals surface area contributed by atoms with Gasteiger partial charge in [0.1, 0.15) is 6.04 Å². The molecule has 0 aromatic carbocycles. The smallest absolute Gasteiger partial charge is 0.329 e. The molecular weight excluding hydrogens is 238 g/mol. The molecule has 1 amide bonds. The van der Waals surface area contributed by atoms with Gasteiger partial charge in [-0.05, 0) is 0 Å². The highest BCUT2D eigenvalue weighted by Crippen LogP contribution is 2.21. The number of aliphatic carboxylic acids is 1. The molecule has 16 heavy (non-hydrogen) atoms. The number of halogens is 1. The van der Waals surface area contributed by atoms with E-state index in [1.54, 1.807) is 0 Å². The first-order valence-corrected chi connectivity index (χ1v) is 5.12. The summed E-state index contributed by atoms with van der Waals surface area (Å²) in [4.78, 5) is 34.6. The Hall–Kier alpha value is -1.30. The van der Waals surface area contributed by atoms with Crippen LogP contribution in [0.15, 0.2) is 0 Å². The van der Waals surface area contributed by atoms with Gasteiger partial charge in [-0.2, -0.15) is 0 Å². The van der Waals surface area contributed by atoms with E-state index in [9.17, 15) is 14.4 Å². The Kier molecular flexibility index (Phi) is 4.12. The zero-order valence-electron chi connectivity index (χ0n) is 8.68. The quantitative estimate of drug-likeness (QED) is 0.553. The molecule has 1 rings (SSSR count). The normalized spacial score (nSPS) is 22.0. The van der Waals surface area contributed by atoms with E-state index < -0.39 is 24.4 Å². The van der Waals surface area contributed by atoms with Gasteiger partial charge in [-0.1, -0.05) is 0 Å². The third-order valence-corrected chi connectivity index (χ3v) is 2.62. The SMILES string of the molecule is COC(=O)[C@@H](CC(=O)O)N1CC(Cl)CC1=O. The average molecular weight is 250 g/mol. The third-order valence-electron chi connectivity index (χ3n) is 2.33. The number of hydrogen-bond donors (Lipinski definition) is 1. The molecular formula is C9H12ClNO5. The number of carboxylic acid groups (broad SMARTS) is 1. The maximum atomic E-state index is 11.5. The van der Waals surface area contributed by atoms with Crippen LogP contribution in [0.2, 0.25) is 0 Å². The highest BCUT2D eigenvalue weighted by molar-refractivity contribution is 6.22. The number of carboxylic acids is 1. The number of ether oxygens (including phenoxy) is 1. The second kappa shape index (κ2) is 5.16. The molecule has 1 aliphatic heterocycles. The lowest BCUT2D eigenvalue weighted by Gasteiger charge is -2.24. The van der Waals surface area contributed by atoms with Crippen LogP contribution in [0, 0.1) is 0 Å². The molecule has 0 spiro atoms. The van der Waals surface area contributed by atoms with Crippen LogP contribution in [0.4, 0.5) is 0 Å². The lowest BCUT2D eigenvalue weighted by Crippen LogP contribution is -2.44. The van der Waals surface area contributed by atoms with Crippen molar-refractivity contribution in [3.63, 3.8) is 0 Å². The van der Waals surface area contributed by atoms with Crippen molar-refractivity contribution in [2.75, 3.05) is 13.7 Å². The maximum absolute atomic E-state index is 11.5. The van der Waals surface area contributed by atoms with Crippen molar-refractivity contribution in [1.29, 1.82) is 0 Å². The number of methoxy groups -OCH3 is 1. The van der Waals surface area contributed by atoms with E-state index in [2.05, 4.69) is 4.74 Å². The second-order valence-corrected chi connectivity index (χ2v) is 4.10. The molecule has 7 heteroatoms. The molecule has 0 aromatic rings. The van der Waals surface area contributed by atoms with E-state index in [0.29, 0.717) is 0 Å². The summed E-state index contributed by atoms with van der Waals surface area (Å²) in [7, 11) is 1.15. The zero-order valence-corrected chi connectivity index (χ0v) is 9.44. The number of alkyl halides is 1. The molecule has 2 atom stereocenters. The largest absolute Gasteiger partial charge is 0.481 e. The zero-order chi connectivity index (χ0) is 12.3. The van der Waals surface area contributed by atoms with E-state index in [1.165, 1.54) is 0 Å². The van der Waals surface area contributed by atoms with Crippen LogP contribution in [-0.2, 0) is 19.1 Å². The van der Waals surface area contributed by atoms with E-state index in [1.807, 2.05) is 0 Å². The van der Waals surface area contributed by atoms with E-state index >= 15 is 0 Å². The fourth-order valence-corrected chi connectivity index (χ4v) is 1.89. The van der Waals surface area contributed by atoms with Gasteiger partial charge in [-0.25, -0.2) is 4.79 Å². The Morgan fingerprint density at radius 1 is 1.69 bits per heavy atom. The molecule has 0 radical (unpaired) electrons. The van der Waals surface area contributed by atoms with Crippen molar-refractivity contribution in [2.24, 2.45) is 0 Å². The van der Waals surface area contributed by atoms with Crippen LogP contribution in [0.25, 0.3) is 0 Å². The number of carbonyl (C=O) groups excluding carboxylic acids is 2. The van der Waals surface area contributed by atoms with Gasteiger partial charge in [0.05, 0.1) is 18.9 Å². The molecule has 0 aliphatic carbocycles. The number of rotatable bonds is 4. The number of amides is 1. The van der Waals surface area contributed by atoms with Gasteiger partial charge in [0.15, 0.2) is 0 Å². The number of likely N-dealkylation sites (tertiary alicyclic amines) is 1. The molecule has 0 bridgehead atoms. The van der Waals surface area contributed by atoms with Crippen molar-refractivity contribution in [3.8, 4) is 0 Å². The standard InChI is InChI=1S/C9H12ClNO5/c1-16-9(15)6(3-8(13)14)11-4-5(10)2-7(11)12/h5-6H,2-4H2,1H3,(H,13,14)/t5?,6-/m1/s1. The monoisotopic (exact) mass is 249 g/mol. The molecule has 1 saturated heterocycles. The predicted octanol–water partition coefficient (Wildman–Crippen LogP) is -0.158. The summed E-state index contributed by atoms with van der Waals surface area (Å²) in [6.45, 7) is 0.174. The molecule has 90 valence electrons. The molecule has 1 N–H and O–H groups in total. The van der Waals surface area contributed by atoms with Gasteiger partial charge >= 0.3 is 11.9 Å². The number of nitrogens with zero attached hydrogens (tertiary/aromatic N) is 1. The Balaban J connectivity index is 2.80. The van der Waals surface area contributed by atoms with Crippen LogP contribution in [0.1, 0.15) is 12.8 Å². The van der Waals surface area contributed by atoms with Crippen LogP contribution >= 0.6 is 11.6 Å². The first-order valence-electron chi connectivity index (χ1n) is 4.69. The van der Waals surface area contributed by atoms with Gasteiger partial charge in [0.25, 0.3) is 0 Å². The summed E-state index contributed by atoms with van der Waals surface area (Å²) in [6, 6.07) is -1.08. The van der Waals surface area contributed by atoms with Gasteiger partial charge in [-0.15, -0.1) is 11.6 Å². The molecule has 6 nitrogen and oxygen atoms in total. The molecule has 1 unspecified atom stereocenters. The van der Waals surface area contributed by atoms with Crippen LogP contribution < -0.4 is 0 Å². The highest BCUT2D eigenvalue weighted by Gasteiger charge is 2.38. The summed E-state index contributed by atoms with van der Waals surface area (Å²) in [5.41, 5.74) is 0. The Morgan fingerprint density at radius 3 is 2.69 bits per heavy atom. The van der Waals surface area contributed by atoms with E-state index in [4.69, 9.17) is 16.7 Å². The first-order chi connectivity index (χ1) is 7.45. The number of hydrogen-bond acceptors (Lipinski definition) is 4. The number of carbonyl (C=O) groups is 3.